The second kappa shape index (κ2) is 5.99. The molecule has 0 radical (unpaired) electrons. The number of benzene rings is 1. The molecule has 0 aromatic heterocycles. The maximum atomic E-state index is 6.64. The summed E-state index contributed by atoms with van der Waals surface area (Å²) >= 11 is 0. The van der Waals surface area contributed by atoms with Crippen LogP contribution in [0.4, 0.5) is 0 Å². The van der Waals surface area contributed by atoms with Crippen LogP contribution in [0.1, 0.15) is 75.8 Å². The largest absolute Gasteiger partial charge is 0.497 e. The van der Waals surface area contributed by atoms with E-state index in [9.17, 15) is 0 Å². The number of hydrogen-bond donors (Lipinski definition) is 0. The predicted octanol–water partition coefficient (Wildman–Crippen LogP) is 5.74. The van der Waals surface area contributed by atoms with Crippen molar-refractivity contribution in [2.75, 3.05) is 13.7 Å². The van der Waals surface area contributed by atoms with Crippen LogP contribution < -0.4 is 4.74 Å². The Kier molecular flexibility index (Phi) is 3.94. The van der Waals surface area contributed by atoms with Crippen LogP contribution in [-0.2, 0) is 11.2 Å². The van der Waals surface area contributed by atoms with E-state index in [1.807, 2.05) is 0 Å². The third-order valence-electron chi connectivity index (χ3n) is 8.74. The Morgan fingerprint density at radius 3 is 2.92 bits per heavy atom. The van der Waals surface area contributed by atoms with E-state index in [4.69, 9.17) is 9.47 Å². The topological polar surface area (TPSA) is 18.5 Å². The molecule has 3 saturated carbocycles. The van der Waals surface area contributed by atoms with Gasteiger partial charge in [-0.15, -0.1) is 0 Å². The first-order valence-electron chi connectivity index (χ1n) is 10.9. The molecule has 6 atom stereocenters. The van der Waals surface area contributed by atoms with Gasteiger partial charge < -0.3 is 9.47 Å². The monoisotopic (exact) mass is 354 g/mol. The van der Waals surface area contributed by atoms with Crippen molar-refractivity contribution in [2.24, 2.45) is 23.2 Å². The van der Waals surface area contributed by atoms with Gasteiger partial charge in [-0.25, -0.2) is 0 Å². The highest BCUT2D eigenvalue weighted by atomic mass is 16.5. The van der Waals surface area contributed by atoms with Crippen LogP contribution in [0.15, 0.2) is 18.2 Å². The molecule has 2 nitrogen and oxygen atoms in total. The zero-order valence-corrected chi connectivity index (χ0v) is 16.7. The molecule has 0 aliphatic heterocycles. The van der Waals surface area contributed by atoms with Crippen LogP contribution in [-0.4, -0.2) is 19.3 Å². The smallest absolute Gasteiger partial charge is 0.119 e. The molecule has 1 aromatic rings. The van der Waals surface area contributed by atoms with E-state index >= 15 is 0 Å². The van der Waals surface area contributed by atoms with Crippen molar-refractivity contribution in [2.45, 2.75) is 76.7 Å². The van der Waals surface area contributed by atoms with E-state index in [1.165, 1.54) is 51.4 Å². The van der Waals surface area contributed by atoms with Gasteiger partial charge in [0, 0.05) is 6.61 Å². The Balaban J connectivity index is 1.40. The van der Waals surface area contributed by atoms with Crippen molar-refractivity contribution in [3.05, 3.63) is 29.3 Å². The van der Waals surface area contributed by atoms with Crippen LogP contribution in [0.25, 0.3) is 0 Å². The zero-order chi connectivity index (χ0) is 17.9. The molecule has 26 heavy (non-hydrogen) atoms. The van der Waals surface area contributed by atoms with Crippen LogP contribution in [0.2, 0.25) is 0 Å². The predicted molar refractivity (Wildman–Crippen MR) is 105 cm³/mol. The maximum Gasteiger partial charge on any atom is 0.119 e. The fraction of sp³-hybridized carbons (Fsp3) is 0.750. The summed E-state index contributed by atoms with van der Waals surface area (Å²) < 4.78 is 12.1. The third kappa shape index (κ3) is 2.20. The van der Waals surface area contributed by atoms with Gasteiger partial charge >= 0.3 is 0 Å². The normalized spacial score (nSPS) is 42.4. The lowest BCUT2D eigenvalue weighted by atomic mass is 9.54. The molecule has 0 unspecified atom stereocenters. The summed E-state index contributed by atoms with van der Waals surface area (Å²) in [6, 6.07) is 6.84. The first-order valence-corrected chi connectivity index (χ1v) is 10.9. The van der Waals surface area contributed by atoms with Crippen molar-refractivity contribution >= 4 is 0 Å². The molecular weight excluding hydrogens is 320 g/mol. The molecule has 4 aliphatic rings. The molecule has 0 spiro atoms. The second-order valence-electron chi connectivity index (χ2n) is 9.66. The Morgan fingerprint density at radius 1 is 1.23 bits per heavy atom. The van der Waals surface area contributed by atoms with E-state index in [2.05, 4.69) is 32.0 Å². The molecule has 3 fully saturated rings. The van der Waals surface area contributed by atoms with E-state index < -0.39 is 0 Å². The fourth-order valence-electron chi connectivity index (χ4n) is 7.29. The van der Waals surface area contributed by atoms with Crippen molar-refractivity contribution in [1.82, 2.24) is 0 Å². The lowest BCUT2D eigenvalue weighted by Crippen LogP contribution is -2.48. The number of hydrogen-bond acceptors (Lipinski definition) is 2. The van der Waals surface area contributed by atoms with E-state index in [1.54, 1.807) is 18.2 Å². The molecule has 0 bridgehead atoms. The molecule has 2 heteroatoms. The number of unbranched alkanes of at least 4 members (excludes halogenated alkanes) is 1. The number of fused-ring (bicyclic) bond motifs is 7. The van der Waals surface area contributed by atoms with Crippen molar-refractivity contribution < 1.29 is 9.47 Å². The fourth-order valence-corrected chi connectivity index (χ4v) is 7.29. The quantitative estimate of drug-likeness (QED) is 0.628. The highest BCUT2D eigenvalue weighted by Gasteiger charge is 2.75. The highest BCUT2D eigenvalue weighted by Crippen LogP contribution is 2.76. The second-order valence-corrected chi connectivity index (χ2v) is 9.66. The minimum Gasteiger partial charge on any atom is -0.497 e. The minimum atomic E-state index is 0.248. The Hall–Kier alpha value is -1.02. The molecule has 5 rings (SSSR count). The summed E-state index contributed by atoms with van der Waals surface area (Å²) in [6.45, 7) is 5.84. The summed E-state index contributed by atoms with van der Waals surface area (Å²) in [5.74, 6) is 4.39. The minimum absolute atomic E-state index is 0.248. The van der Waals surface area contributed by atoms with Crippen LogP contribution >= 0.6 is 0 Å². The molecule has 0 saturated heterocycles. The average Bonchev–Trinajstić information content (AvgIpc) is 3.32. The van der Waals surface area contributed by atoms with Crippen LogP contribution in [0, 0.1) is 23.2 Å². The van der Waals surface area contributed by atoms with Gasteiger partial charge in [0.15, 0.2) is 0 Å². The van der Waals surface area contributed by atoms with E-state index in [0.29, 0.717) is 5.41 Å². The number of methoxy groups -OCH3 is 1. The maximum absolute atomic E-state index is 6.64. The number of ether oxygens (including phenoxy) is 2. The summed E-state index contributed by atoms with van der Waals surface area (Å²) in [7, 11) is 1.78. The van der Waals surface area contributed by atoms with Crippen molar-refractivity contribution in [3.8, 4) is 5.75 Å². The zero-order valence-electron chi connectivity index (χ0n) is 16.7. The highest BCUT2D eigenvalue weighted by molar-refractivity contribution is 5.41. The number of rotatable bonds is 5. The Bertz CT molecular complexity index is 697. The molecule has 4 aliphatic carbocycles. The van der Waals surface area contributed by atoms with Gasteiger partial charge in [-0.1, -0.05) is 26.3 Å². The summed E-state index contributed by atoms with van der Waals surface area (Å²) in [6.07, 6.45) is 10.5. The summed E-state index contributed by atoms with van der Waals surface area (Å²) in [4.78, 5) is 0. The standard InChI is InChI=1S/C24H34O2/c1-4-5-12-26-24-15-17(24)14-22-21-8-6-16-13-18(25-3)7-9-19(16)20(21)10-11-23(22,24)2/h7,9,13,17,20-22H,4-6,8,10-12,14-15H2,1-3H3/t17-,20+,21+,22-,23-,24-/m0/s1. The van der Waals surface area contributed by atoms with E-state index in [-0.39, 0.29) is 5.60 Å². The molecule has 0 heterocycles. The van der Waals surface area contributed by atoms with Gasteiger partial charge in [0.05, 0.1) is 12.7 Å². The van der Waals surface area contributed by atoms with Gasteiger partial charge in [-0.2, -0.15) is 0 Å². The van der Waals surface area contributed by atoms with Gasteiger partial charge in [0.2, 0.25) is 0 Å². The molecule has 142 valence electrons. The first kappa shape index (κ1) is 17.1. The molecule has 0 N–H and O–H groups in total. The van der Waals surface area contributed by atoms with Crippen LogP contribution in [0.5, 0.6) is 5.75 Å². The van der Waals surface area contributed by atoms with Gasteiger partial charge in [0.1, 0.15) is 5.75 Å². The molecular formula is C24H34O2. The lowest BCUT2D eigenvalue weighted by Gasteiger charge is -2.52. The summed E-state index contributed by atoms with van der Waals surface area (Å²) in [5.41, 5.74) is 3.85. The van der Waals surface area contributed by atoms with Crippen molar-refractivity contribution in [3.63, 3.8) is 0 Å². The summed E-state index contributed by atoms with van der Waals surface area (Å²) in [5, 5.41) is 0. The van der Waals surface area contributed by atoms with Gasteiger partial charge in [-0.05, 0) is 97.3 Å². The van der Waals surface area contributed by atoms with Gasteiger partial charge in [-0.3, -0.25) is 0 Å². The Morgan fingerprint density at radius 2 is 2.12 bits per heavy atom. The van der Waals surface area contributed by atoms with Crippen LogP contribution in [0.3, 0.4) is 0 Å². The first-order chi connectivity index (χ1) is 12.6. The lowest BCUT2D eigenvalue weighted by molar-refractivity contribution is -0.0993. The molecule has 0 amide bonds. The number of aryl methyl sites for hydroxylation is 1. The van der Waals surface area contributed by atoms with Gasteiger partial charge in [0.25, 0.3) is 0 Å². The average molecular weight is 355 g/mol. The third-order valence-corrected chi connectivity index (χ3v) is 8.74. The Labute approximate surface area is 158 Å². The SMILES string of the molecule is CCCCO[C@@]12C[C@@H]1C[C@H]1[C@@H]3CCc4cc(OC)ccc4[C@H]3CC[C@@]12C. The van der Waals surface area contributed by atoms with E-state index in [0.717, 1.165) is 36.0 Å². The molecule has 1 aromatic carbocycles. The van der Waals surface area contributed by atoms with Crippen molar-refractivity contribution in [1.29, 1.82) is 0 Å².